The molecular weight excluding hydrogens is 461 g/mol. The fraction of sp³-hybridized carbons (Fsp3) is 0.368. The molecule has 1 saturated heterocycles. The van der Waals surface area contributed by atoms with Gasteiger partial charge >= 0.3 is 0 Å². The van der Waals surface area contributed by atoms with Crippen molar-refractivity contribution in [2.24, 2.45) is 10.7 Å². The van der Waals surface area contributed by atoms with Crippen LogP contribution < -0.4 is 11.1 Å². The Morgan fingerprint density at radius 3 is 2.58 bits per heavy atom. The molecule has 2 heterocycles. The van der Waals surface area contributed by atoms with E-state index in [0.717, 1.165) is 38.2 Å². The van der Waals surface area contributed by atoms with Gasteiger partial charge in [-0.1, -0.05) is 41.9 Å². The van der Waals surface area contributed by atoms with E-state index >= 15 is 0 Å². The van der Waals surface area contributed by atoms with E-state index < -0.39 is 0 Å². The van der Waals surface area contributed by atoms with Gasteiger partial charge in [0, 0.05) is 31.9 Å². The highest BCUT2D eigenvalue weighted by atomic mass is 127. The minimum absolute atomic E-state index is 0. The Morgan fingerprint density at radius 1 is 1.19 bits per heavy atom. The first-order valence-electron chi connectivity index (χ1n) is 8.62. The summed E-state index contributed by atoms with van der Waals surface area (Å²) in [6.45, 7) is 3.61. The van der Waals surface area contributed by atoms with Crippen molar-refractivity contribution in [2.75, 3.05) is 13.1 Å². The first-order chi connectivity index (χ1) is 12.2. The first-order valence-corrected chi connectivity index (χ1v) is 9.00. The Hall–Kier alpha value is -1.38. The van der Waals surface area contributed by atoms with Crippen LogP contribution in [0.4, 0.5) is 0 Å². The molecule has 0 saturated carbocycles. The van der Waals surface area contributed by atoms with Crippen LogP contribution in [0.3, 0.4) is 0 Å². The maximum atomic E-state index is 6.01. The average molecular weight is 486 g/mol. The van der Waals surface area contributed by atoms with Crippen LogP contribution in [0, 0.1) is 0 Å². The Balaban J connectivity index is 0.00000243. The second-order valence-electron chi connectivity index (χ2n) is 6.35. The number of benzene rings is 1. The van der Waals surface area contributed by atoms with Gasteiger partial charge < -0.3 is 11.1 Å². The van der Waals surface area contributed by atoms with Crippen molar-refractivity contribution in [1.82, 2.24) is 15.2 Å². The number of nitrogens with zero attached hydrogens (tertiary/aromatic N) is 3. The molecule has 0 spiro atoms. The minimum atomic E-state index is 0. The molecule has 26 heavy (non-hydrogen) atoms. The summed E-state index contributed by atoms with van der Waals surface area (Å²) >= 11 is 5.83. The monoisotopic (exact) mass is 485 g/mol. The molecule has 140 valence electrons. The molecule has 3 N–H and O–H groups in total. The number of guanidine groups is 1. The molecule has 0 aliphatic carbocycles. The molecule has 1 aromatic carbocycles. The number of halogens is 2. The fourth-order valence-corrected chi connectivity index (χ4v) is 3.11. The molecule has 0 radical (unpaired) electrons. The van der Waals surface area contributed by atoms with Crippen molar-refractivity contribution in [1.29, 1.82) is 0 Å². The van der Waals surface area contributed by atoms with Gasteiger partial charge in [0.15, 0.2) is 5.96 Å². The number of aromatic nitrogens is 1. The van der Waals surface area contributed by atoms with E-state index in [0.29, 0.717) is 23.6 Å². The van der Waals surface area contributed by atoms with E-state index in [1.54, 1.807) is 6.20 Å². The Morgan fingerprint density at radius 2 is 1.92 bits per heavy atom. The summed E-state index contributed by atoms with van der Waals surface area (Å²) in [6.07, 6.45) is 3.77. The maximum Gasteiger partial charge on any atom is 0.189 e. The third-order valence-corrected chi connectivity index (χ3v) is 4.61. The van der Waals surface area contributed by atoms with Gasteiger partial charge in [0.05, 0.1) is 17.3 Å². The lowest BCUT2D eigenvalue weighted by Gasteiger charge is -2.32. The predicted octanol–water partition coefficient (Wildman–Crippen LogP) is 3.42. The summed E-state index contributed by atoms with van der Waals surface area (Å²) in [4.78, 5) is 11.1. The molecule has 1 aromatic heterocycles. The third kappa shape index (κ3) is 6.74. The van der Waals surface area contributed by atoms with Crippen LogP contribution in [0.5, 0.6) is 0 Å². The standard InChI is InChI=1S/C19H24ClN5.HI/c20-16-6-7-18(22-12-16)13-23-19(21)24-17-8-10-25(11-9-17)14-15-4-2-1-3-5-15;/h1-7,12,17H,8-11,13-14H2,(H3,21,23,24);1H. The largest absolute Gasteiger partial charge is 0.370 e. The summed E-state index contributed by atoms with van der Waals surface area (Å²) in [7, 11) is 0. The molecule has 3 rings (SSSR count). The lowest BCUT2D eigenvalue weighted by molar-refractivity contribution is 0.199. The molecule has 2 aromatic rings. The number of hydrogen-bond donors (Lipinski definition) is 2. The van der Waals surface area contributed by atoms with Gasteiger partial charge in [-0.15, -0.1) is 24.0 Å². The van der Waals surface area contributed by atoms with Crippen LogP contribution in [-0.4, -0.2) is 35.0 Å². The summed E-state index contributed by atoms with van der Waals surface area (Å²) in [5.41, 5.74) is 8.23. The van der Waals surface area contributed by atoms with Gasteiger partial charge in [-0.3, -0.25) is 9.88 Å². The van der Waals surface area contributed by atoms with Crippen molar-refractivity contribution in [3.05, 3.63) is 64.9 Å². The smallest absolute Gasteiger partial charge is 0.189 e. The van der Waals surface area contributed by atoms with Crippen LogP contribution in [0.25, 0.3) is 0 Å². The van der Waals surface area contributed by atoms with Crippen LogP contribution in [0.1, 0.15) is 24.1 Å². The van der Waals surface area contributed by atoms with Crippen LogP contribution in [0.15, 0.2) is 53.7 Å². The molecule has 0 bridgehead atoms. The second kappa shape index (κ2) is 10.7. The zero-order valence-electron chi connectivity index (χ0n) is 14.6. The summed E-state index contributed by atoms with van der Waals surface area (Å²) < 4.78 is 0. The average Bonchev–Trinajstić information content (AvgIpc) is 2.64. The molecule has 0 atom stereocenters. The zero-order valence-corrected chi connectivity index (χ0v) is 17.7. The Labute approximate surface area is 177 Å². The number of hydrogen-bond acceptors (Lipinski definition) is 3. The number of piperidine rings is 1. The minimum Gasteiger partial charge on any atom is -0.370 e. The quantitative estimate of drug-likeness (QED) is 0.387. The van der Waals surface area contributed by atoms with Crippen molar-refractivity contribution >= 4 is 41.5 Å². The van der Waals surface area contributed by atoms with Crippen molar-refractivity contribution < 1.29 is 0 Å². The SMILES string of the molecule is I.NC(=NCc1ccc(Cl)cn1)NC1CCN(Cc2ccccc2)CC1. The van der Waals surface area contributed by atoms with E-state index in [1.165, 1.54) is 5.56 Å². The molecule has 1 fully saturated rings. The number of rotatable bonds is 5. The van der Waals surface area contributed by atoms with Gasteiger partial charge in [0.1, 0.15) is 0 Å². The fourth-order valence-electron chi connectivity index (χ4n) is 3.00. The molecule has 1 aliphatic heterocycles. The van der Waals surface area contributed by atoms with E-state index in [9.17, 15) is 0 Å². The predicted molar refractivity (Wildman–Crippen MR) is 118 cm³/mol. The van der Waals surface area contributed by atoms with E-state index in [2.05, 4.69) is 50.5 Å². The van der Waals surface area contributed by atoms with Crippen molar-refractivity contribution in [3.8, 4) is 0 Å². The zero-order chi connectivity index (χ0) is 17.5. The number of nitrogens with two attached hydrogens (primary N) is 1. The number of nitrogens with one attached hydrogen (secondary N) is 1. The molecule has 1 aliphatic rings. The molecule has 0 unspecified atom stereocenters. The molecule has 7 heteroatoms. The lowest BCUT2D eigenvalue weighted by atomic mass is 10.0. The highest BCUT2D eigenvalue weighted by molar-refractivity contribution is 14.0. The highest BCUT2D eigenvalue weighted by Gasteiger charge is 2.19. The summed E-state index contributed by atoms with van der Waals surface area (Å²) in [6, 6.07) is 14.7. The lowest BCUT2D eigenvalue weighted by Crippen LogP contribution is -2.46. The van der Waals surface area contributed by atoms with E-state index in [-0.39, 0.29) is 24.0 Å². The highest BCUT2D eigenvalue weighted by Crippen LogP contribution is 2.13. The number of likely N-dealkylation sites (tertiary alicyclic amines) is 1. The van der Waals surface area contributed by atoms with Gasteiger partial charge in [0.2, 0.25) is 0 Å². The van der Waals surface area contributed by atoms with Crippen LogP contribution in [-0.2, 0) is 13.1 Å². The molecule has 5 nitrogen and oxygen atoms in total. The van der Waals surface area contributed by atoms with Crippen LogP contribution >= 0.6 is 35.6 Å². The molecular formula is C19H25ClIN5. The number of aliphatic imine (C=N–C) groups is 1. The third-order valence-electron chi connectivity index (χ3n) is 4.39. The van der Waals surface area contributed by atoms with Gasteiger partial charge in [-0.2, -0.15) is 0 Å². The maximum absolute atomic E-state index is 6.01. The number of pyridine rings is 1. The van der Waals surface area contributed by atoms with Crippen molar-refractivity contribution in [3.63, 3.8) is 0 Å². The topological polar surface area (TPSA) is 66.5 Å². The summed E-state index contributed by atoms with van der Waals surface area (Å²) in [5, 5.41) is 3.96. The Bertz CT molecular complexity index is 685. The van der Waals surface area contributed by atoms with E-state index in [1.807, 2.05) is 12.1 Å². The van der Waals surface area contributed by atoms with Gasteiger partial charge in [-0.05, 0) is 30.5 Å². The van der Waals surface area contributed by atoms with E-state index in [4.69, 9.17) is 17.3 Å². The molecule has 0 amide bonds. The van der Waals surface area contributed by atoms with Crippen LogP contribution in [0.2, 0.25) is 5.02 Å². The first kappa shape index (κ1) is 20.9. The normalized spacial score (nSPS) is 16.1. The van der Waals surface area contributed by atoms with Crippen molar-refractivity contribution in [2.45, 2.75) is 32.0 Å². The Kier molecular flexibility index (Phi) is 8.61. The van der Waals surface area contributed by atoms with Gasteiger partial charge in [0.25, 0.3) is 0 Å². The summed E-state index contributed by atoms with van der Waals surface area (Å²) in [5.74, 6) is 0.484. The van der Waals surface area contributed by atoms with Gasteiger partial charge in [-0.25, -0.2) is 4.99 Å². The second-order valence-corrected chi connectivity index (χ2v) is 6.79.